The van der Waals surface area contributed by atoms with E-state index in [0.29, 0.717) is 35.3 Å². The van der Waals surface area contributed by atoms with Crippen LogP contribution in [0, 0.1) is 0 Å². The Balaban J connectivity index is 0.000000266. The summed E-state index contributed by atoms with van der Waals surface area (Å²) in [6.07, 6.45) is 1.89. The third-order valence-corrected chi connectivity index (χ3v) is 6.17. The monoisotopic (exact) mass is 578 g/mol. The lowest BCUT2D eigenvalue weighted by Crippen LogP contribution is -2.34. The molecule has 11 nitrogen and oxygen atoms in total. The number of carbonyl (C=O) groups excluding carboxylic acids is 1. The van der Waals surface area contributed by atoms with Crippen LogP contribution in [0.2, 0.25) is 0 Å². The maximum atomic E-state index is 12.3. The van der Waals surface area contributed by atoms with Gasteiger partial charge in [0.2, 0.25) is 10.0 Å². The number of sulfonamides is 1. The molecule has 2 heterocycles. The maximum absolute atomic E-state index is 12.3. The number of nitrogens with one attached hydrogen (secondary N) is 2. The molecule has 2 aromatic carbocycles. The van der Waals surface area contributed by atoms with Crippen molar-refractivity contribution in [3.63, 3.8) is 0 Å². The number of benzene rings is 2. The van der Waals surface area contributed by atoms with Crippen LogP contribution in [0.4, 0.5) is 0 Å². The van der Waals surface area contributed by atoms with Crippen LogP contribution in [0.25, 0.3) is 11.3 Å². The minimum absolute atomic E-state index is 0.0256. The van der Waals surface area contributed by atoms with Crippen molar-refractivity contribution in [2.75, 3.05) is 38.7 Å². The summed E-state index contributed by atoms with van der Waals surface area (Å²) in [7, 11) is -6.68. The molecule has 1 aromatic heterocycles. The number of carbonyl (C=O) groups is 1. The Morgan fingerprint density at radius 3 is 1.82 bits per heavy atom. The molecular formula is C26H34N4O7S2. The molecule has 0 spiro atoms. The largest absolute Gasteiger partial charge is 0.494 e. The summed E-state index contributed by atoms with van der Waals surface area (Å²) in [4.78, 5) is 21.5. The highest BCUT2D eigenvalue weighted by atomic mass is 32.2. The van der Waals surface area contributed by atoms with Gasteiger partial charge in [-0.05, 0) is 18.7 Å². The van der Waals surface area contributed by atoms with Gasteiger partial charge >= 0.3 is 0 Å². The summed E-state index contributed by atoms with van der Waals surface area (Å²) in [5.41, 5.74) is 3.68. The van der Waals surface area contributed by atoms with Crippen molar-refractivity contribution in [3.05, 3.63) is 77.4 Å². The first kappa shape index (κ1) is 31.9. The Morgan fingerprint density at radius 2 is 1.36 bits per heavy atom. The predicted molar refractivity (Wildman–Crippen MR) is 152 cm³/mol. The molecule has 4 N–H and O–H groups in total. The van der Waals surface area contributed by atoms with E-state index >= 15 is 0 Å². The fourth-order valence-electron chi connectivity index (χ4n) is 3.70. The van der Waals surface area contributed by atoms with Crippen molar-refractivity contribution in [1.29, 1.82) is 0 Å². The Morgan fingerprint density at radius 1 is 0.872 bits per heavy atom. The van der Waals surface area contributed by atoms with Gasteiger partial charge in [-0.2, -0.15) is 8.42 Å². The first-order valence-corrected chi connectivity index (χ1v) is 15.8. The normalized spacial score (nSPS) is 12.7. The van der Waals surface area contributed by atoms with Crippen molar-refractivity contribution in [2.45, 2.75) is 13.8 Å². The molecule has 0 radical (unpaired) electrons. The van der Waals surface area contributed by atoms with Gasteiger partial charge in [-0.3, -0.25) is 9.35 Å². The third kappa shape index (κ3) is 10.4. The number of likely N-dealkylation sites (N-methyl/N-ethyl adjacent to an activating group) is 1. The Hall–Kier alpha value is -3.36. The molecule has 212 valence electrons. The average molecular weight is 579 g/mol. The van der Waals surface area contributed by atoms with Gasteiger partial charge in [0.1, 0.15) is 0 Å². The Kier molecular flexibility index (Phi) is 11.6. The molecule has 0 saturated carbocycles. The minimum Gasteiger partial charge on any atom is -0.494 e. The van der Waals surface area contributed by atoms with E-state index in [1.54, 1.807) is 0 Å². The van der Waals surface area contributed by atoms with E-state index in [9.17, 15) is 26.7 Å². The van der Waals surface area contributed by atoms with Gasteiger partial charge in [-0.25, -0.2) is 18.1 Å². The number of H-pyrrole nitrogens is 1. The number of hydrogen-bond acceptors (Lipinski definition) is 7. The molecule has 0 saturated heterocycles. The van der Waals surface area contributed by atoms with Gasteiger partial charge in [-0.1, -0.05) is 74.5 Å². The summed E-state index contributed by atoms with van der Waals surface area (Å²) in [6.45, 7) is 7.32. The molecule has 1 aliphatic heterocycles. The second kappa shape index (κ2) is 14.1. The zero-order valence-electron chi connectivity index (χ0n) is 22.2. The van der Waals surface area contributed by atoms with E-state index in [1.165, 1.54) is 6.26 Å². The molecule has 0 fully saturated rings. The van der Waals surface area contributed by atoms with Crippen LogP contribution >= 0.6 is 0 Å². The second-order valence-electron chi connectivity index (χ2n) is 8.52. The number of aromatic amines is 1. The predicted octanol–water partition coefficient (Wildman–Crippen LogP) is 2.76. The molecule has 4 rings (SSSR count). The lowest BCUT2D eigenvalue weighted by atomic mass is 10.0. The zero-order valence-corrected chi connectivity index (χ0v) is 23.9. The van der Waals surface area contributed by atoms with E-state index < -0.39 is 20.1 Å². The van der Waals surface area contributed by atoms with Gasteiger partial charge in [-0.15, -0.1) is 0 Å². The zero-order chi connectivity index (χ0) is 29.2. The van der Waals surface area contributed by atoms with Crippen molar-refractivity contribution in [3.8, 4) is 17.1 Å². The smallest absolute Gasteiger partial charge is 0.280 e. The quantitative estimate of drug-likeness (QED) is 0.296. The molecule has 0 unspecified atom stereocenters. The number of amides is 1. The highest BCUT2D eigenvalue weighted by molar-refractivity contribution is 7.88. The van der Waals surface area contributed by atoms with Crippen LogP contribution in [0.15, 0.2) is 65.7 Å². The molecule has 3 aromatic rings. The van der Waals surface area contributed by atoms with Crippen LogP contribution in [0.5, 0.6) is 5.88 Å². The molecule has 1 aliphatic rings. The number of rotatable bonds is 8. The molecule has 0 aliphatic carbocycles. The van der Waals surface area contributed by atoms with Crippen LogP contribution in [-0.2, 0) is 20.1 Å². The van der Waals surface area contributed by atoms with Gasteiger partial charge in [0.05, 0.1) is 35.0 Å². The molecule has 0 atom stereocenters. The number of aromatic nitrogens is 1. The fourth-order valence-corrected chi connectivity index (χ4v) is 4.16. The molecular weight excluding hydrogens is 544 g/mol. The average Bonchev–Trinajstić information content (AvgIpc) is 3.40. The summed E-state index contributed by atoms with van der Waals surface area (Å²) in [6, 6.07) is 18.8. The maximum Gasteiger partial charge on any atom is 0.280 e. The van der Waals surface area contributed by atoms with Crippen molar-refractivity contribution >= 4 is 31.8 Å². The number of fused-ring (bicyclic) bond motifs is 1. The highest BCUT2D eigenvalue weighted by Gasteiger charge is 2.33. The summed E-state index contributed by atoms with van der Waals surface area (Å²) >= 11 is 0. The lowest BCUT2D eigenvalue weighted by Gasteiger charge is -2.17. The van der Waals surface area contributed by atoms with Gasteiger partial charge in [0, 0.05) is 18.7 Å². The number of nitrogens with zero attached hydrogens (tertiary/aromatic N) is 2. The van der Waals surface area contributed by atoms with E-state index in [0.717, 1.165) is 30.8 Å². The van der Waals surface area contributed by atoms with Crippen LogP contribution < -0.4 is 4.72 Å². The van der Waals surface area contributed by atoms with Crippen molar-refractivity contribution < 1.29 is 31.3 Å². The molecule has 39 heavy (non-hydrogen) atoms. The third-order valence-electron chi connectivity index (χ3n) is 5.44. The van der Waals surface area contributed by atoms with Gasteiger partial charge in [0.25, 0.3) is 16.0 Å². The number of aromatic hydroxyl groups is 1. The SMILES string of the molecule is CCN(CC)CCNS(C)(=O)=O.CS(=O)(=O)O.O=C1N=C(c2ccccc2)c2c(O)[nH]c(-c3ccccc3)c21. The van der Waals surface area contributed by atoms with Crippen molar-refractivity contribution in [2.24, 2.45) is 4.99 Å². The van der Waals surface area contributed by atoms with Crippen LogP contribution in [0.1, 0.15) is 35.3 Å². The van der Waals surface area contributed by atoms with Crippen LogP contribution in [-0.4, -0.2) is 86.7 Å². The number of hydrogen-bond donors (Lipinski definition) is 4. The Bertz CT molecular complexity index is 1470. The van der Waals surface area contributed by atoms with E-state index in [2.05, 4.69) is 33.4 Å². The molecule has 13 heteroatoms. The topological polar surface area (TPSA) is 169 Å². The second-order valence-corrected chi connectivity index (χ2v) is 11.8. The summed E-state index contributed by atoms with van der Waals surface area (Å²) in [5.74, 6) is -0.355. The van der Waals surface area contributed by atoms with Gasteiger partial charge < -0.3 is 15.0 Å². The first-order valence-electron chi connectivity index (χ1n) is 12.0. The van der Waals surface area contributed by atoms with E-state index in [1.807, 2.05) is 60.7 Å². The summed E-state index contributed by atoms with van der Waals surface area (Å²) < 4.78 is 49.6. The fraction of sp³-hybridized carbons (Fsp3) is 0.308. The number of aliphatic imine (C=N–C) groups is 1. The van der Waals surface area contributed by atoms with Gasteiger partial charge in [0.15, 0.2) is 5.88 Å². The first-order chi connectivity index (χ1) is 18.2. The highest BCUT2D eigenvalue weighted by Crippen LogP contribution is 2.37. The van der Waals surface area contributed by atoms with E-state index in [4.69, 9.17) is 4.55 Å². The lowest BCUT2D eigenvalue weighted by molar-refractivity contribution is 0.101. The standard InChI is InChI=1S/C18H12N2O2.C7H18N2O2S.CH4O3S/c21-17-13-14(16(20-17)12-9-5-2-6-10-12)18(22)19-15(13)11-7-3-1-4-8-11;1-4-9(5-2)7-6-8-12(3,10)11;1-5(2,3)4/h1-10,19,22H;8H,4-7H2,1-3H3;1H3,(H,2,3,4). The molecule has 1 amide bonds. The van der Waals surface area contributed by atoms with E-state index in [-0.39, 0.29) is 11.8 Å². The minimum atomic E-state index is -3.67. The van der Waals surface area contributed by atoms with Crippen molar-refractivity contribution in [1.82, 2.24) is 14.6 Å². The molecule has 0 bridgehead atoms. The Labute approximate surface area is 229 Å². The van der Waals surface area contributed by atoms with Crippen LogP contribution in [0.3, 0.4) is 0 Å². The summed E-state index contributed by atoms with van der Waals surface area (Å²) in [5, 5.41) is 10.3.